The Bertz CT molecular complexity index is 874. The van der Waals surface area contributed by atoms with Gasteiger partial charge in [0, 0.05) is 20.1 Å². The molecule has 0 aliphatic rings. The van der Waals surface area contributed by atoms with Crippen molar-refractivity contribution in [3.05, 3.63) is 66.0 Å². The summed E-state index contributed by atoms with van der Waals surface area (Å²) in [7, 11) is 1.69. The fraction of sp³-hybridized carbons (Fsp3) is 0.364. The summed E-state index contributed by atoms with van der Waals surface area (Å²) >= 11 is 0. The van der Waals surface area contributed by atoms with E-state index in [1.54, 1.807) is 7.11 Å². The zero-order valence-corrected chi connectivity index (χ0v) is 16.0. The molecule has 1 heterocycles. The highest BCUT2D eigenvalue weighted by molar-refractivity contribution is 5.78. The standard InChI is InChI=1S/C22H27N3O2/c1-17(23-21(26)14-8-11-18-9-4-3-5-10-18)22-24-19-12-6-7-13-20(19)25(22)15-16-27-2/h3-7,9-10,12-13,17H,8,11,14-16H2,1-2H3,(H,23,26). The van der Waals surface area contributed by atoms with E-state index in [0.29, 0.717) is 19.6 Å². The third kappa shape index (κ3) is 4.95. The summed E-state index contributed by atoms with van der Waals surface area (Å²) in [6.07, 6.45) is 2.26. The summed E-state index contributed by atoms with van der Waals surface area (Å²) in [5.41, 5.74) is 3.27. The van der Waals surface area contributed by atoms with Gasteiger partial charge in [-0.15, -0.1) is 0 Å². The molecule has 142 valence electrons. The van der Waals surface area contributed by atoms with Gasteiger partial charge in [-0.1, -0.05) is 42.5 Å². The van der Waals surface area contributed by atoms with E-state index in [-0.39, 0.29) is 11.9 Å². The first kappa shape index (κ1) is 19.1. The topological polar surface area (TPSA) is 56.1 Å². The molecular formula is C22H27N3O2. The Hall–Kier alpha value is -2.66. The van der Waals surface area contributed by atoms with Crippen LogP contribution in [-0.4, -0.2) is 29.2 Å². The van der Waals surface area contributed by atoms with Gasteiger partial charge in [-0.3, -0.25) is 4.79 Å². The number of ether oxygens (including phenoxy) is 1. The normalized spacial score (nSPS) is 12.2. The second-order valence-corrected chi connectivity index (χ2v) is 6.73. The third-order valence-electron chi connectivity index (χ3n) is 4.68. The van der Waals surface area contributed by atoms with Crippen molar-refractivity contribution in [3.8, 4) is 0 Å². The smallest absolute Gasteiger partial charge is 0.220 e. The maximum Gasteiger partial charge on any atom is 0.220 e. The lowest BCUT2D eigenvalue weighted by Gasteiger charge is -2.16. The van der Waals surface area contributed by atoms with Crippen LogP contribution in [-0.2, 0) is 22.5 Å². The van der Waals surface area contributed by atoms with Crippen LogP contribution in [0.25, 0.3) is 11.0 Å². The molecule has 0 saturated heterocycles. The van der Waals surface area contributed by atoms with E-state index in [4.69, 9.17) is 9.72 Å². The number of nitrogens with one attached hydrogen (secondary N) is 1. The van der Waals surface area contributed by atoms with Crippen molar-refractivity contribution in [2.45, 2.75) is 38.8 Å². The van der Waals surface area contributed by atoms with Gasteiger partial charge in [0.2, 0.25) is 5.91 Å². The highest BCUT2D eigenvalue weighted by Crippen LogP contribution is 2.21. The molecule has 3 rings (SSSR count). The van der Waals surface area contributed by atoms with Gasteiger partial charge in [0.1, 0.15) is 5.82 Å². The van der Waals surface area contributed by atoms with Gasteiger partial charge in [-0.2, -0.15) is 0 Å². The number of aryl methyl sites for hydroxylation is 1. The molecule has 1 unspecified atom stereocenters. The van der Waals surface area contributed by atoms with Crippen molar-refractivity contribution in [2.75, 3.05) is 13.7 Å². The van der Waals surface area contributed by atoms with E-state index in [2.05, 4.69) is 28.1 Å². The Morgan fingerprint density at radius 3 is 2.67 bits per heavy atom. The second kappa shape index (κ2) is 9.33. The Morgan fingerprint density at radius 1 is 1.15 bits per heavy atom. The van der Waals surface area contributed by atoms with Crippen LogP contribution in [0.2, 0.25) is 0 Å². The molecule has 5 heteroatoms. The number of amides is 1. The van der Waals surface area contributed by atoms with Crippen molar-refractivity contribution in [2.24, 2.45) is 0 Å². The highest BCUT2D eigenvalue weighted by atomic mass is 16.5. The van der Waals surface area contributed by atoms with Crippen molar-refractivity contribution >= 4 is 16.9 Å². The van der Waals surface area contributed by atoms with Gasteiger partial charge < -0.3 is 14.6 Å². The van der Waals surface area contributed by atoms with Crippen molar-refractivity contribution < 1.29 is 9.53 Å². The summed E-state index contributed by atoms with van der Waals surface area (Å²) in [6.45, 7) is 3.30. The Labute approximate surface area is 160 Å². The van der Waals surface area contributed by atoms with Crippen LogP contribution in [0.4, 0.5) is 0 Å². The molecule has 0 aliphatic heterocycles. The van der Waals surface area contributed by atoms with Crippen LogP contribution in [0, 0.1) is 0 Å². The number of carbonyl (C=O) groups is 1. The first-order valence-electron chi connectivity index (χ1n) is 9.46. The van der Waals surface area contributed by atoms with Gasteiger partial charge in [0.05, 0.1) is 23.7 Å². The molecule has 0 bridgehead atoms. The molecule has 27 heavy (non-hydrogen) atoms. The van der Waals surface area contributed by atoms with E-state index < -0.39 is 0 Å². The van der Waals surface area contributed by atoms with Crippen LogP contribution in [0.15, 0.2) is 54.6 Å². The highest BCUT2D eigenvalue weighted by Gasteiger charge is 2.18. The van der Waals surface area contributed by atoms with Crippen LogP contribution in [0.3, 0.4) is 0 Å². The molecule has 0 fully saturated rings. The first-order valence-corrected chi connectivity index (χ1v) is 9.46. The molecule has 0 saturated carbocycles. The number of carbonyl (C=O) groups excluding carboxylic acids is 1. The van der Waals surface area contributed by atoms with E-state index in [0.717, 1.165) is 29.7 Å². The average molecular weight is 365 g/mol. The number of hydrogen-bond acceptors (Lipinski definition) is 3. The molecule has 1 atom stereocenters. The number of nitrogens with zero attached hydrogens (tertiary/aromatic N) is 2. The van der Waals surface area contributed by atoms with Crippen LogP contribution in [0.1, 0.15) is 37.2 Å². The van der Waals surface area contributed by atoms with Crippen molar-refractivity contribution in [3.63, 3.8) is 0 Å². The Kier molecular flexibility index (Phi) is 6.60. The minimum atomic E-state index is -0.154. The van der Waals surface area contributed by atoms with Crippen LogP contribution in [0.5, 0.6) is 0 Å². The zero-order valence-electron chi connectivity index (χ0n) is 16.0. The summed E-state index contributed by atoms with van der Waals surface area (Å²) < 4.78 is 7.37. The van der Waals surface area contributed by atoms with Gasteiger partial charge in [-0.05, 0) is 37.5 Å². The molecule has 1 amide bonds. The monoisotopic (exact) mass is 365 g/mol. The van der Waals surface area contributed by atoms with Gasteiger partial charge in [0.25, 0.3) is 0 Å². The largest absolute Gasteiger partial charge is 0.383 e. The number of methoxy groups -OCH3 is 1. The molecule has 1 aromatic heterocycles. The SMILES string of the molecule is COCCn1c(C(C)NC(=O)CCCc2ccccc2)nc2ccccc21. The maximum absolute atomic E-state index is 12.4. The molecule has 5 nitrogen and oxygen atoms in total. The van der Waals surface area contributed by atoms with Gasteiger partial charge >= 0.3 is 0 Å². The molecule has 0 spiro atoms. The summed E-state index contributed by atoms with van der Waals surface area (Å²) in [5, 5.41) is 3.10. The number of imidazole rings is 1. The molecule has 1 N–H and O–H groups in total. The Morgan fingerprint density at radius 2 is 1.89 bits per heavy atom. The predicted molar refractivity (Wildman–Crippen MR) is 108 cm³/mol. The van der Waals surface area contributed by atoms with E-state index in [1.807, 2.05) is 43.3 Å². The number of fused-ring (bicyclic) bond motifs is 1. The van der Waals surface area contributed by atoms with Gasteiger partial charge in [0.15, 0.2) is 0 Å². The number of hydrogen-bond donors (Lipinski definition) is 1. The van der Waals surface area contributed by atoms with Crippen molar-refractivity contribution in [1.29, 1.82) is 0 Å². The van der Waals surface area contributed by atoms with Crippen LogP contribution >= 0.6 is 0 Å². The number of para-hydroxylation sites is 2. The second-order valence-electron chi connectivity index (χ2n) is 6.73. The summed E-state index contributed by atoms with van der Waals surface area (Å²) in [5.74, 6) is 0.924. The fourth-order valence-corrected chi connectivity index (χ4v) is 3.32. The third-order valence-corrected chi connectivity index (χ3v) is 4.68. The molecule has 0 radical (unpaired) electrons. The quantitative estimate of drug-likeness (QED) is 0.626. The fourth-order valence-electron chi connectivity index (χ4n) is 3.32. The van der Waals surface area contributed by atoms with E-state index >= 15 is 0 Å². The van der Waals surface area contributed by atoms with Crippen LogP contribution < -0.4 is 5.32 Å². The minimum Gasteiger partial charge on any atom is -0.383 e. The average Bonchev–Trinajstić information content (AvgIpc) is 3.06. The van der Waals surface area contributed by atoms with E-state index in [1.165, 1.54) is 5.56 Å². The number of rotatable bonds is 9. The molecule has 3 aromatic rings. The van der Waals surface area contributed by atoms with E-state index in [9.17, 15) is 4.79 Å². The zero-order chi connectivity index (χ0) is 19.1. The minimum absolute atomic E-state index is 0.0591. The lowest BCUT2D eigenvalue weighted by Crippen LogP contribution is -2.29. The number of aromatic nitrogens is 2. The van der Waals surface area contributed by atoms with Crippen molar-refractivity contribution in [1.82, 2.24) is 14.9 Å². The summed E-state index contributed by atoms with van der Waals surface area (Å²) in [4.78, 5) is 17.1. The summed E-state index contributed by atoms with van der Waals surface area (Å²) in [6, 6.07) is 18.1. The lowest BCUT2D eigenvalue weighted by molar-refractivity contribution is -0.121. The Balaban J connectivity index is 1.62. The maximum atomic E-state index is 12.4. The lowest BCUT2D eigenvalue weighted by atomic mass is 10.1. The number of benzene rings is 2. The first-order chi connectivity index (χ1) is 13.2. The molecule has 0 aliphatic carbocycles. The van der Waals surface area contributed by atoms with Gasteiger partial charge in [-0.25, -0.2) is 4.98 Å². The predicted octanol–water partition coefficient (Wildman–Crippen LogP) is 3.88. The molecule has 2 aromatic carbocycles. The molecular weight excluding hydrogens is 338 g/mol.